The third kappa shape index (κ3) is 4.39. The van der Waals surface area contributed by atoms with Crippen LogP contribution in [0.1, 0.15) is 16.2 Å². The zero-order valence-electron chi connectivity index (χ0n) is 10.5. The monoisotopic (exact) mass is 292 g/mol. The maximum atomic E-state index is 12.3. The molecule has 0 radical (unpaired) electrons. The molecule has 6 N–H and O–H groups in total. The summed E-state index contributed by atoms with van der Waals surface area (Å²) in [6.07, 6.45) is 1.84. The van der Waals surface area contributed by atoms with Crippen LogP contribution in [-0.4, -0.2) is 15.9 Å². The number of primary amides is 1. The second kappa shape index (κ2) is 6.76. The van der Waals surface area contributed by atoms with E-state index in [1.807, 2.05) is 0 Å². The Balaban J connectivity index is 0.000000211. The summed E-state index contributed by atoms with van der Waals surface area (Å²) in [6, 6.07) is 3.77. The van der Waals surface area contributed by atoms with E-state index in [0.717, 1.165) is 24.5 Å². The minimum absolute atomic E-state index is 0.0440. The van der Waals surface area contributed by atoms with E-state index in [-0.39, 0.29) is 22.8 Å². The summed E-state index contributed by atoms with van der Waals surface area (Å²) >= 11 is 0. The van der Waals surface area contributed by atoms with Gasteiger partial charge in [-0.05, 0) is 0 Å². The van der Waals surface area contributed by atoms with Crippen LogP contribution in [0.2, 0.25) is 0 Å². The van der Waals surface area contributed by atoms with Crippen LogP contribution in [0, 0.1) is 23.0 Å². The van der Waals surface area contributed by atoms with E-state index in [1.54, 1.807) is 6.07 Å². The summed E-state index contributed by atoms with van der Waals surface area (Å²) in [5, 5.41) is 8.29. The molecule has 0 fully saturated rings. The number of anilines is 2. The van der Waals surface area contributed by atoms with Gasteiger partial charge >= 0.3 is 0 Å². The molecule has 9 heteroatoms. The molecule has 0 saturated carbocycles. The van der Waals surface area contributed by atoms with Gasteiger partial charge in [0.05, 0.1) is 23.8 Å². The second-order valence-electron chi connectivity index (χ2n) is 3.66. The number of carbonyl (C=O) groups is 1. The number of amides is 1. The Hall–Kier alpha value is -3.28. The number of nitrogens with two attached hydrogens (primary N) is 3. The minimum Gasteiger partial charge on any atom is -0.397 e. The summed E-state index contributed by atoms with van der Waals surface area (Å²) in [4.78, 5) is 17.3. The maximum absolute atomic E-state index is 12.3. The van der Waals surface area contributed by atoms with Gasteiger partial charge in [-0.3, -0.25) is 4.79 Å². The highest BCUT2D eigenvalue weighted by molar-refractivity contribution is 5.95. The summed E-state index contributed by atoms with van der Waals surface area (Å²) < 4.78 is 24.5. The summed E-state index contributed by atoms with van der Waals surface area (Å²) in [6.45, 7) is 0. The lowest BCUT2D eigenvalue weighted by atomic mass is 10.3. The molecule has 0 unspecified atom stereocenters. The van der Waals surface area contributed by atoms with Gasteiger partial charge in [-0.15, -0.1) is 0 Å². The largest absolute Gasteiger partial charge is 0.397 e. The first-order chi connectivity index (χ1) is 9.85. The van der Waals surface area contributed by atoms with Crippen LogP contribution < -0.4 is 17.2 Å². The molecule has 2 aromatic heterocycles. The van der Waals surface area contributed by atoms with Crippen LogP contribution in [-0.2, 0) is 0 Å². The Bertz CT molecular complexity index is 713. The number of rotatable bonds is 1. The molecule has 21 heavy (non-hydrogen) atoms. The van der Waals surface area contributed by atoms with Crippen molar-refractivity contribution in [2.75, 3.05) is 11.5 Å². The Kier molecular flexibility index (Phi) is 5.08. The summed E-state index contributed by atoms with van der Waals surface area (Å²) in [5.74, 6) is -1.88. The third-order valence-corrected chi connectivity index (χ3v) is 2.11. The number of nitrogens with zero attached hydrogens (tertiary/aromatic N) is 3. The number of hydrogen-bond acceptors (Lipinski definition) is 6. The number of nitriles is 1. The molecule has 0 aromatic carbocycles. The Labute approximate surface area is 118 Å². The van der Waals surface area contributed by atoms with Crippen LogP contribution >= 0.6 is 0 Å². The number of pyridine rings is 2. The van der Waals surface area contributed by atoms with Crippen LogP contribution in [0.25, 0.3) is 0 Å². The van der Waals surface area contributed by atoms with Crippen molar-refractivity contribution in [3.8, 4) is 6.07 Å². The zero-order chi connectivity index (χ0) is 16.0. The van der Waals surface area contributed by atoms with Gasteiger partial charge in [-0.25, -0.2) is 18.7 Å². The lowest BCUT2D eigenvalue weighted by Gasteiger charge is -1.98. The molecule has 2 heterocycles. The van der Waals surface area contributed by atoms with Crippen molar-refractivity contribution >= 4 is 17.3 Å². The van der Waals surface area contributed by atoms with E-state index >= 15 is 0 Å². The fourth-order valence-corrected chi connectivity index (χ4v) is 1.21. The fourth-order valence-electron chi connectivity index (χ4n) is 1.21. The predicted octanol–water partition coefficient (Wildman–Crippen LogP) is 0.576. The van der Waals surface area contributed by atoms with Gasteiger partial charge in [0.15, 0.2) is 11.4 Å². The minimum atomic E-state index is -0.762. The normalized spacial score (nSPS) is 9.19. The van der Waals surface area contributed by atoms with E-state index in [0.29, 0.717) is 0 Å². The molecule has 0 aliphatic heterocycles. The van der Waals surface area contributed by atoms with E-state index in [9.17, 15) is 13.6 Å². The van der Waals surface area contributed by atoms with Gasteiger partial charge in [0.25, 0.3) is 5.91 Å². The number of aromatic nitrogens is 2. The SMILES string of the molecule is N#Cc1ncc(F)cc1N.NC(=O)c1ncc(F)cc1N. The van der Waals surface area contributed by atoms with Crippen molar-refractivity contribution < 1.29 is 13.6 Å². The van der Waals surface area contributed by atoms with Crippen LogP contribution in [0.15, 0.2) is 24.5 Å². The predicted molar refractivity (Wildman–Crippen MR) is 70.4 cm³/mol. The number of nitrogen functional groups attached to an aromatic ring is 2. The highest BCUT2D eigenvalue weighted by Crippen LogP contribution is 2.08. The van der Waals surface area contributed by atoms with E-state index in [1.165, 1.54) is 0 Å². The number of halogens is 2. The first-order valence-corrected chi connectivity index (χ1v) is 5.37. The van der Waals surface area contributed by atoms with E-state index in [2.05, 4.69) is 9.97 Å². The molecule has 1 amide bonds. The van der Waals surface area contributed by atoms with E-state index in [4.69, 9.17) is 22.5 Å². The van der Waals surface area contributed by atoms with Crippen molar-refractivity contribution in [3.63, 3.8) is 0 Å². The van der Waals surface area contributed by atoms with Crippen molar-refractivity contribution in [2.45, 2.75) is 0 Å². The van der Waals surface area contributed by atoms with Gasteiger partial charge in [0.2, 0.25) is 0 Å². The second-order valence-corrected chi connectivity index (χ2v) is 3.66. The third-order valence-electron chi connectivity index (χ3n) is 2.11. The quantitative estimate of drug-likeness (QED) is 0.700. The molecule has 108 valence electrons. The molecule has 0 atom stereocenters. The first kappa shape index (κ1) is 15.8. The average Bonchev–Trinajstić information content (AvgIpc) is 2.39. The molecule has 0 bridgehead atoms. The van der Waals surface area contributed by atoms with Crippen molar-refractivity contribution in [2.24, 2.45) is 5.73 Å². The van der Waals surface area contributed by atoms with Gasteiger partial charge < -0.3 is 17.2 Å². The molecule has 0 spiro atoms. The van der Waals surface area contributed by atoms with Crippen LogP contribution in [0.4, 0.5) is 20.2 Å². The van der Waals surface area contributed by atoms with Crippen molar-refractivity contribution in [3.05, 3.63) is 47.5 Å². The standard InChI is InChI=1S/C6H6FN3O.C6H4FN3/c7-3-1-4(8)5(6(9)11)10-2-3;7-4-1-5(9)6(2-8)10-3-4/h1-2H,8H2,(H2,9,11);1,3H,9H2. The molecule has 2 aromatic rings. The number of carbonyl (C=O) groups excluding carboxylic acids is 1. The highest BCUT2D eigenvalue weighted by Gasteiger charge is 2.07. The van der Waals surface area contributed by atoms with Crippen molar-refractivity contribution in [1.82, 2.24) is 9.97 Å². The Morgan fingerprint density at radius 2 is 1.62 bits per heavy atom. The molecule has 7 nitrogen and oxygen atoms in total. The topological polar surface area (TPSA) is 145 Å². The smallest absolute Gasteiger partial charge is 0.269 e. The molecular weight excluding hydrogens is 282 g/mol. The van der Waals surface area contributed by atoms with Gasteiger partial charge in [-0.2, -0.15) is 5.26 Å². The lowest BCUT2D eigenvalue weighted by Crippen LogP contribution is -2.15. The van der Waals surface area contributed by atoms with Gasteiger partial charge in [0.1, 0.15) is 17.7 Å². The number of hydrogen-bond donors (Lipinski definition) is 3. The molecular formula is C12H10F2N6O. The van der Waals surface area contributed by atoms with Crippen LogP contribution in [0.5, 0.6) is 0 Å². The summed E-state index contributed by atoms with van der Waals surface area (Å²) in [7, 11) is 0. The van der Waals surface area contributed by atoms with Gasteiger partial charge in [-0.1, -0.05) is 0 Å². The maximum Gasteiger partial charge on any atom is 0.269 e. The van der Waals surface area contributed by atoms with Crippen LogP contribution in [0.3, 0.4) is 0 Å². The lowest BCUT2D eigenvalue weighted by molar-refractivity contribution is 0.0996. The molecule has 0 aliphatic rings. The zero-order valence-corrected chi connectivity index (χ0v) is 10.5. The first-order valence-electron chi connectivity index (χ1n) is 5.37. The molecule has 0 saturated heterocycles. The average molecular weight is 292 g/mol. The van der Waals surface area contributed by atoms with E-state index < -0.39 is 17.5 Å². The van der Waals surface area contributed by atoms with Crippen molar-refractivity contribution in [1.29, 1.82) is 5.26 Å². The molecule has 2 rings (SSSR count). The Morgan fingerprint density at radius 1 is 1.10 bits per heavy atom. The van der Waals surface area contributed by atoms with Gasteiger partial charge in [0, 0.05) is 12.1 Å². The highest BCUT2D eigenvalue weighted by atomic mass is 19.1. The fraction of sp³-hybridized carbons (Fsp3) is 0. The Morgan fingerprint density at radius 3 is 2.05 bits per heavy atom. The molecule has 0 aliphatic carbocycles. The summed E-state index contributed by atoms with van der Waals surface area (Å²) in [5.41, 5.74) is 15.3.